The molecule has 0 heterocycles. The van der Waals surface area contributed by atoms with Gasteiger partial charge in [-0.15, -0.1) is 6.58 Å². The molecule has 0 radical (unpaired) electrons. The molecule has 8 nitrogen and oxygen atoms in total. The van der Waals surface area contributed by atoms with Gasteiger partial charge < -0.3 is 10.1 Å². The summed E-state index contributed by atoms with van der Waals surface area (Å²) in [7, 11) is -3.60. The number of ether oxygens (including phenoxy) is 1. The van der Waals surface area contributed by atoms with Crippen LogP contribution in [0.15, 0.2) is 47.9 Å². The quantitative estimate of drug-likeness (QED) is 0.515. The van der Waals surface area contributed by atoms with E-state index < -0.39 is 46.5 Å². The standard InChI is InChI=1S/C15H18N2O6S/c1-2-9-16-15(20)17-13(18)11-23-14(19)8-10-24(21,22)12-6-4-3-5-7-12/h2-7H,1,8-11H2,(H2,16,17,18,20). The number of nitrogens with one attached hydrogen (secondary N) is 2. The lowest BCUT2D eigenvalue weighted by Gasteiger charge is -2.07. The van der Waals surface area contributed by atoms with E-state index in [1.165, 1.54) is 18.2 Å². The summed E-state index contributed by atoms with van der Waals surface area (Å²) in [5.41, 5.74) is 0. The zero-order valence-corrected chi connectivity index (χ0v) is 13.7. The van der Waals surface area contributed by atoms with Crippen LogP contribution in [0.4, 0.5) is 4.79 Å². The van der Waals surface area contributed by atoms with Crippen LogP contribution in [0.2, 0.25) is 0 Å². The van der Waals surface area contributed by atoms with Gasteiger partial charge in [-0.2, -0.15) is 0 Å². The van der Waals surface area contributed by atoms with Crippen molar-refractivity contribution in [3.63, 3.8) is 0 Å². The number of sulfone groups is 1. The van der Waals surface area contributed by atoms with Gasteiger partial charge in [0.2, 0.25) is 0 Å². The first-order valence-electron chi connectivity index (χ1n) is 6.97. The fraction of sp³-hybridized carbons (Fsp3) is 0.267. The van der Waals surface area contributed by atoms with Gasteiger partial charge in [0.15, 0.2) is 16.4 Å². The second kappa shape index (κ2) is 9.46. The zero-order valence-electron chi connectivity index (χ0n) is 12.9. The smallest absolute Gasteiger partial charge is 0.321 e. The number of urea groups is 1. The van der Waals surface area contributed by atoms with E-state index in [0.29, 0.717) is 0 Å². The summed E-state index contributed by atoms with van der Waals surface area (Å²) in [6.45, 7) is 2.89. The van der Waals surface area contributed by atoms with Gasteiger partial charge >= 0.3 is 12.0 Å². The number of carbonyl (C=O) groups is 3. The average Bonchev–Trinajstić information content (AvgIpc) is 2.57. The molecule has 0 saturated carbocycles. The molecule has 1 aromatic carbocycles. The number of carbonyl (C=O) groups excluding carboxylic acids is 3. The molecular weight excluding hydrogens is 336 g/mol. The molecule has 0 aliphatic carbocycles. The van der Waals surface area contributed by atoms with Crippen LogP contribution >= 0.6 is 0 Å². The summed E-state index contributed by atoms with van der Waals surface area (Å²) in [6.07, 6.45) is 1.03. The minimum Gasteiger partial charge on any atom is -0.456 e. The first-order chi connectivity index (χ1) is 11.3. The lowest BCUT2D eigenvalue weighted by atomic mass is 10.4. The van der Waals surface area contributed by atoms with Gasteiger partial charge in [-0.1, -0.05) is 24.3 Å². The van der Waals surface area contributed by atoms with E-state index in [1.807, 2.05) is 5.32 Å². The molecule has 0 spiro atoms. The van der Waals surface area contributed by atoms with E-state index in [-0.39, 0.29) is 11.4 Å². The molecule has 0 atom stereocenters. The maximum Gasteiger partial charge on any atom is 0.321 e. The summed E-state index contributed by atoms with van der Waals surface area (Å²) in [6, 6.07) is 6.94. The summed E-state index contributed by atoms with van der Waals surface area (Å²) < 4.78 is 28.6. The third-order valence-corrected chi connectivity index (χ3v) is 4.43. The Labute approximate surface area is 139 Å². The second-order valence-electron chi connectivity index (χ2n) is 4.59. The first-order valence-corrected chi connectivity index (χ1v) is 8.62. The Balaban J connectivity index is 2.35. The molecule has 0 aliphatic rings. The van der Waals surface area contributed by atoms with Crippen molar-refractivity contribution in [3.8, 4) is 0 Å². The molecule has 2 N–H and O–H groups in total. The normalized spacial score (nSPS) is 10.5. The predicted octanol–water partition coefficient (Wildman–Crippen LogP) is 0.405. The van der Waals surface area contributed by atoms with Crippen molar-refractivity contribution in [2.45, 2.75) is 11.3 Å². The zero-order chi connectivity index (χ0) is 18.0. The Morgan fingerprint density at radius 2 is 1.83 bits per heavy atom. The predicted molar refractivity (Wildman–Crippen MR) is 85.8 cm³/mol. The van der Waals surface area contributed by atoms with Gasteiger partial charge in [-0.05, 0) is 12.1 Å². The molecule has 130 valence electrons. The van der Waals surface area contributed by atoms with Crippen molar-refractivity contribution in [3.05, 3.63) is 43.0 Å². The molecule has 0 unspecified atom stereocenters. The van der Waals surface area contributed by atoms with Crippen LogP contribution in [0, 0.1) is 0 Å². The van der Waals surface area contributed by atoms with Gasteiger partial charge in [0, 0.05) is 6.54 Å². The Kier molecular flexibility index (Phi) is 7.63. The molecule has 0 aromatic heterocycles. The van der Waals surface area contributed by atoms with E-state index in [4.69, 9.17) is 0 Å². The van der Waals surface area contributed by atoms with Crippen molar-refractivity contribution in [2.24, 2.45) is 0 Å². The fourth-order valence-electron chi connectivity index (χ4n) is 1.55. The van der Waals surface area contributed by atoms with Crippen LogP contribution in [0.5, 0.6) is 0 Å². The molecule has 0 saturated heterocycles. The summed E-state index contributed by atoms with van der Waals surface area (Å²) in [5.74, 6) is -2.11. The summed E-state index contributed by atoms with van der Waals surface area (Å²) in [5, 5.41) is 4.24. The number of imide groups is 1. The molecule has 0 bridgehead atoms. The van der Waals surface area contributed by atoms with E-state index >= 15 is 0 Å². The van der Waals surface area contributed by atoms with Crippen molar-refractivity contribution in [2.75, 3.05) is 18.9 Å². The second-order valence-corrected chi connectivity index (χ2v) is 6.70. The van der Waals surface area contributed by atoms with E-state index in [1.54, 1.807) is 18.2 Å². The van der Waals surface area contributed by atoms with Gasteiger partial charge in [0.05, 0.1) is 17.1 Å². The summed E-state index contributed by atoms with van der Waals surface area (Å²) in [4.78, 5) is 34.1. The van der Waals surface area contributed by atoms with Crippen LogP contribution in [0.1, 0.15) is 6.42 Å². The Hall–Kier alpha value is -2.68. The molecule has 0 aliphatic heterocycles. The lowest BCUT2D eigenvalue weighted by Crippen LogP contribution is -2.41. The highest BCUT2D eigenvalue weighted by Crippen LogP contribution is 2.11. The highest BCUT2D eigenvalue weighted by molar-refractivity contribution is 7.91. The maximum absolute atomic E-state index is 12.0. The van der Waals surface area contributed by atoms with Crippen LogP contribution < -0.4 is 10.6 Å². The third kappa shape index (κ3) is 7.05. The van der Waals surface area contributed by atoms with E-state index in [9.17, 15) is 22.8 Å². The number of rotatable bonds is 8. The number of hydrogen-bond acceptors (Lipinski definition) is 6. The highest BCUT2D eigenvalue weighted by atomic mass is 32.2. The lowest BCUT2D eigenvalue weighted by molar-refractivity contribution is -0.147. The monoisotopic (exact) mass is 354 g/mol. The van der Waals surface area contributed by atoms with Crippen LogP contribution in [-0.4, -0.2) is 45.2 Å². The molecule has 24 heavy (non-hydrogen) atoms. The topological polar surface area (TPSA) is 119 Å². The van der Waals surface area contributed by atoms with Crippen LogP contribution in [0.3, 0.4) is 0 Å². The van der Waals surface area contributed by atoms with Crippen LogP contribution in [-0.2, 0) is 24.2 Å². The third-order valence-electron chi connectivity index (χ3n) is 2.70. The molecular formula is C15H18N2O6S. The molecule has 1 rings (SSSR count). The van der Waals surface area contributed by atoms with Gasteiger partial charge in [0.25, 0.3) is 5.91 Å². The number of benzene rings is 1. The SMILES string of the molecule is C=CCNC(=O)NC(=O)COC(=O)CCS(=O)(=O)c1ccccc1. The minimum atomic E-state index is -3.60. The molecule has 0 fully saturated rings. The van der Waals surface area contributed by atoms with Gasteiger partial charge in [-0.25, -0.2) is 13.2 Å². The highest BCUT2D eigenvalue weighted by Gasteiger charge is 2.17. The fourth-order valence-corrected chi connectivity index (χ4v) is 2.80. The number of esters is 1. The van der Waals surface area contributed by atoms with Crippen molar-refractivity contribution < 1.29 is 27.5 Å². The number of amides is 3. The first kappa shape index (κ1) is 19.4. The Morgan fingerprint density at radius 1 is 1.17 bits per heavy atom. The van der Waals surface area contributed by atoms with Crippen molar-refractivity contribution in [1.82, 2.24) is 10.6 Å². The minimum absolute atomic E-state index is 0.106. The Morgan fingerprint density at radius 3 is 2.46 bits per heavy atom. The summed E-state index contributed by atoms with van der Waals surface area (Å²) >= 11 is 0. The molecule has 3 amide bonds. The number of hydrogen-bond donors (Lipinski definition) is 2. The van der Waals surface area contributed by atoms with Gasteiger partial charge in [0.1, 0.15) is 0 Å². The van der Waals surface area contributed by atoms with Gasteiger partial charge in [-0.3, -0.25) is 14.9 Å². The van der Waals surface area contributed by atoms with Crippen LogP contribution in [0.25, 0.3) is 0 Å². The Bertz CT molecular complexity index is 700. The maximum atomic E-state index is 12.0. The average molecular weight is 354 g/mol. The molecule has 9 heteroatoms. The van der Waals surface area contributed by atoms with Crippen molar-refractivity contribution in [1.29, 1.82) is 0 Å². The molecule has 1 aromatic rings. The van der Waals surface area contributed by atoms with Crippen molar-refractivity contribution >= 4 is 27.7 Å². The van der Waals surface area contributed by atoms with E-state index in [2.05, 4.69) is 16.6 Å². The van der Waals surface area contributed by atoms with E-state index in [0.717, 1.165) is 0 Å². The largest absolute Gasteiger partial charge is 0.456 e.